The summed E-state index contributed by atoms with van der Waals surface area (Å²) in [6.45, 7) is 2.98. The number of unbranched alkanes of at least 4 members (excludes halogenated alkanes) is 5. The Morgan fingerprint density at radius 2 is 0.538 bits per heavy atom. The molecule has 0 heterocycles. The molecule has 308 valence electrons. The Bertz CT molecular complexity index is 695. The topological polar surface area (TPSA) is 452 Å². The first kappa shape index (κ1) is 65.5. The van der Waals surface area contributed by atoms with Crippen LogP contribution in [0.3, 0.4) is 0 Å². The van der Waals surface area contributed by atoms with Crippen molar-refractivity contribution in [2.24, 2.45) is 57.3 Å². The maximum Gasteiger partial charge on any atom is 2.00 e. The fourth-order valence-electron chi connectivity index (χ4n) is 3.15. The fourth-order valence-corrected chi connectivity index (χ4v) is 3.15. The van der Waals surface area contributed by atoms with E-state index in [0.717, 1.165) is 64.2 Å². The number of carboxylic acid groups (broad SMARTS) is 5. The standard InChI is InChI=1S/5C6H14N2O2.Ca.H3P/c5*7-4-2-1-3-5(8)6(9)10;;/h5*5H,1-4,7-8H2,(H,9,10);;1H3/q;;;;;+2;/p-2. The number of carboxylic acids is 5. The summed E-state index contributed by atoms with van der Waals surface area (Å²) in [5, 5.41) is 45.0. The molecule has 22 heteroatoms. The van der Waals surface area contributed by atoms with Crippen LogP contribution in [0.15, 0.2) is 0 Å². The summed E-state index contributed by atoms with van der Waals surface area (Å²) < 4.78 is 0. The Morgan fingerprint density at radius 3 is 0.654 bits per heavy atom. The summed E-state index contributed by atoms with van der Waals surface area (Å²) >= 11 is 0. The maximum absolute atomic E-state index is 10.1. The zero-order valence-electron chi connectivity index (χ0n) is 30.9. The van der Waals surface area contributed by atoms with E-state index in [9.17, 15) is 34.2 Å². The third-order valence-electron chi connectivity index (χ3n) is 6.40. The third kappa shape index (κ3) is 58.0. The van der Waals surface area contributed by atoms with E-state index in [4.69, 9.17) is 72.7 Å². The van der Waals surface area contributed by atoms with Crippen molar-refractivity contribution in [1.29, 1.82) is 0 Å². The van der Waals surface area contributed by atoms with Gasteiger partial charge in [-0.15, -0.1) is 0 Å². The van der Waals surface area contributed by atoms with Crippen LogP contribution in [0.25, 0.3) is 0 Å². The second-order valence-electron chi connectivity index (χ2n) is 11.1. The van der Waals surface area contributed by atoms with Crippen LogP contribution in [0, 0.1) is 0 Å². The van der Waals surface area contributed by atoms with Gasteiger partial charge in [-0.25, -0.2) is 0 Å². The van der Waals surface area contributed by atoms with Gasteiger partial charge in [0.05, 0.1) is 11.9 Å². The molecule has 0 fully saturated rings. The number of nitrogens with two attached hydrogens (primary N) is 10. The average molecular weight is 803 g/mol. The van der Waals surface area contributed by atoms with E-state index in [2.05, 4.69) is 0 Å². The van der Waals surface area contributed by atoms with Crippen LogP contribution in [0.5, 0.6) is 0 Å². The van der Waals surface area contributed by atoms with Crippen LogP contribution in [0.4, 0.5) is 0 Å². The molecular weight excluding hydrogens is 731 g/mol. The molecule has 6 unspecified atom stereocenters. The molecule has 0 bridgehead atoms. The van der Waals surface area contributed by atoms with Crippen molar-refractivity contribution in [2.45, 2.75) is 127 Å². The fraction of sp³-hybridized carbons (Fsp3) is 0.833. The Labute approximate surface area is 341 Å². The molecule has 0 rings (SSSR count). The van der Waals surface area contributed by atoms with E-state index < -0.39 is 60.1 Å². The normalized spacial score (nSPS) is 12.5. The van der Waals surface area contributed by atoms with Crippen LogP contribution >= 0.6 is 9.90 Å². The first-order valence-corrected chi connectivity index (χ1v) is 16.8. The van der Waals surface area contributed by atoms with E-state index in [-0.39, 0.29) is 47.6 Å². The van der Waals surface area contributed by atoms with E-state index >= 15 is 0 Å². The molecule has 23 N–H and O–H groups in total. The van der Waals surface area contributed by atoms with Gasteiger partial charge in [0.1, 0.15) is 18.1 Å². The predicted octanol–water partition coefficient (Wildman–Crippen LogP) is -5.36. The summed E-state index contributed by atoms with van der Waals surface area (Å²) in [5.74, 6) is -5.17. The van der Waals surface area contributed by atoms with Gasteiger partial charge in [-0.2, -0.15) is 9.90 Å². The largest absolute Gasteiger partial charge is 2.00 e. The van der Waals surface area contributed by atoms with E-state index in [1.165, 1.54) is 0 Å². The number of aliphatic carboxylic acids is 5. The second kappa shape index (κ2) is 49.6. The molecule has 0 amide bonds. The molecular formula is C30H71CaN10O10P. The zero-order chi connectivity index (χ0) is 39.9. The van der Waals surface area contributed by atoms with Crippen molar-refractivity contribution in [1.82, 2.24) is 0 Å². The minimum absolute atomic E-state index is 0. The van der Waals surface area contributed by atoms with Crippen molar-refractivity contribution < 1.29 is 49.5 Å². The van der Waals surface area contributed by atoms with E-state index in [0.29, 0.717) is 64.8 Å². The molecule has 0 saturated carbocycles. The number of carbonyl (C=O) groups excluding carboxylic acids is 2. The Balaban J connectivity index is -0.0000000964. The number of hydrogen-bond acceptors (Lipinski definition) is 17. The van der Waals surface area contributed by atoms with Crippen LogP contribution in [0.1, 0.15) is 96.3 Å². The smallest absolute Gasteiger partial charge is 0.548 e. The van der Waals surface area contributed by atoms with Crippen molar-refractivity contribution >= 4 is 77.5 Å². The number of carbonyl (C=O) groups is 5. The van der Waals surface area contributed by atoms with Crippen molar-refractivity contribution in [2.75, 3.05) is 32.7 Å². The molecule has 0 aromatic carbocycles. The van der Waals surface area contributed by atoms with E-state index in [1.54, 1.807) is 0 Å². The molecule has 0 aromatic rings. The summed E-state index contributed by atoms with van der Waals surface area (Å²) in [6, 6.07) is -3.80. The van der Waals surface area contributed by atoms with Crippen LogP contribution < -0.4 is 67.5 Å². The summed E-state index contributed by atoms with van der Waals surface area (Å²) in [5.41, 5.74) is 51.9. The summed E-state index contributed by atoms with van der Waals surface area (Å²) in [7, 11) is 0. The van der Waals surface area contributed by atoms with Crippen molar-refractivity contribution in [3.8, 4) is 0 Å². The number of hydrogen-bond donors (Lipinski definition) is 13. The molecule has 0 spiro atoms. The van der Waals surface area contributed by atoms with Gasteiger partial charge in [0.2, 0.25) is 0 Å². The average Bonchev–Trinajstić information content (AvgIpc) is 3.06. The molecule has 52 heavy (non-hydrogen) atoms. The molecule has 20 nitrogen and oxygen atoms in total. The maximum atomic E-state index is 10.1. The van der Waals surface area contributed by atoms with Gasteiger partial charge in [0.15, 0.2) is 0 Å². The van der Waals surface area contributed by atoms with Crippen LogP contribution in [0.2, 0.25) is 0 Å². The summed E-state index contributed by atoms with van der Waals surface area (Å²) in [4.78, 5) is 50.5. The van der Waals surface area contributed by atoms with Gasteiger partial charge in [-0.05, 0) is 96.9 Å². The Kier molecular flexibility index (Phi) is 62.5. The Hall–Kier alpha value is -1.36. The second-order valence-corrected chi connectivity index (χ2v) is 11.1. The van der Waals surface area contributed by atoms with E-state index in [1.807, 2.05) is 0 Å². The first-order chi connectivity index (χ1) is 23.4. The molecule has 0 aliphatic carbocycles. The SMILES string of the molecule is NCCCCC(N)C(=O)O.NCCCCC(N)C(=O)O.NCCCCC(N)C(=O)O.NCCCCC(N)C(=O)[O-].NCCCCC(N)C(=O)[O-].P.[Ca+2]. The third-order valence-corrected chi connectivity index (χ3v) is 6.40. The molecule has 0 aliphatic rings. The minimum Gasteiger partial charge on any atom is -0.548 e. The van der Waals surface area contributed by atoms with Gasteiger partial charge in [0, 0.05) is 12.1 Å². The molecule has 0 aromatic heterocycles. The van der Waals surface area contributed by atoms with Gasteiger partial charge in [0.25, 0.3) is 0 Å². The van der Waals surface area contributed by atoms with Crippen LogP contribution in [-0.4, -0.2) is 146 Å². The quantitative estimate of drug-likeness (QED) is 0.0233. The first-order valence-electron chi connectivity index (χ1n) is 16.8. The molecule has 0 aliphatic heterocycles. The molecule has 0 saturated heterocycles. The minimum atomic E-state index is -1.18. The zero-order valence-corrected chi connectivity index (χ0v) is 34.5. The van der Waals surface area contributed by atoms with Crippen molar-refractivity contribution in [3.63, 3.8) is 0 Å². The predicted molar refractivity (Wildman–Crippen MR) is 204 cm³/mol. The summed E-state index contributed by atoms with van der Waals surface area (Å²) in [6.07, 6.45) is 10.6. The van der Waals surface area contributed by atoms with Gasteiger partial charge in [-0.1, -0.05) is 32.1 Å². The van der Waals surface area contributed by atoms with Gasteiger partial charge in [-0.3, -0.25) is 14.4 Å². The van der Waals surface area contributed by atoms with Gasteiger partial charge >= 0.3 is 55.6 Å². The van der Waals surface area contributed by atoms with Gasteiger partial charge < -0.3 is 92.5 Å². The van der Waals surface area contributed by atoms with Crippen LogP contribution in [-0.2, 0) is 24.0 Å². The molecule has 0 radical (unpaired) electrons. The number of rotatable bonds is 25. The Morgan fingerprint density at radius 1 is 0.385 bits per heavy atom. The van der Waals surface area contributed by atoms with Crippen molar-refractivity contribution in [3.05, 3.63) is 0 Å². The monoisotopic (exact) mass is 802 g/mol. The molecule has 6 atom stereocenters.